The van der Waals surface area contributed by atoms with E-state index in [4.69, 9.17) is 0 Å². The lowest BCUT2D eigenvalue weighted by molar-refractivity contribution is -0.144. The Labute approximate surface area is 128 Å². The summed E-state index contributed by atoms with van der Waals surface area (Å²) in [5.74, 6) is -0.144. The molecule has 0 saturated carbocycles. The van der Waals surface area contributed by atoms with Gasteiger partial charge in [-0.05, 0) is 26.0 Å². The highest BCUT2D eigenvalue weighted by Crippen LogP contribution is 2.26. The molecule has 0 saturated heterocycles. The van der Waals surface area contributed by atoms with E-state index in [9.17, 15) is 9.90 Å². The lowest BCUT2D eigenvalue weighted by atomic mass is 9.99. The number of fused-ring (bicyclic) bond motifs is 1. The van der Waals surface area contributed by atoms with E-state index >= 15 is 0 Å². The van der Waals surface area contributed by atoms with Crippen molar-refractivity contribution in [3.05, 3.63) is 30.6 Å². The zero-order chi connectivity index (χ0) is 15.3. The third kappa shape index (κ3) is 3.71. The normalized spacial score (nSPS) is 14.0. The highest BCUT2D eigenvalue weighted by molar-refractivity contribution is 7.99. The number of carbonyl (C=O) groups is 1. The fourth-order valence-electron chi connectivity index (χ4n) is 2.11. The Morgan fingerprint density at radius 1 is 1.38 bits per heavy atom. The maximum atomic E-state index is 11.4. The number of benzene rings is 1. The molecule has 1 heterocycles. The van der Waals surface area contributed by atoms with Crippen molar-refractivity contribution in [1.29, 1.82) is 0 Å². The van der Waals surface area contributed by atoms with Crippen molar-refractivity contribution in [3.63, 3.8) is 0 Å². The summed E-state index contributed by atoms with van der Waals surface area (Å²) >= 11 is 1.57. The van der Waals surface area contributed by atoms with E-state index in [1.54, 1.807) is 25.0 Å². The third-order valence-electron chi connectivity index (χ3n) is 3.39. The van der Waals surface area contributed by atoms with Crippen molar-refractivity contribution in [3.8, 4) is 0 Å². The van der Waals surface area contributed by atoms with Crippen LogP contribution in [0.15, 0.2) is 35.6 Å². The minimum absolute atomic E-state index is 0.527. The summed E-state index contributed by atoms with van der Waals surface area (Å²) in [7, 11) is 0. The van der Waals surface area contributed by atoms with Crippen molar-refractivity contribution in [1.82, 2.24) is 15.3 Å². The molecule has 2 aromatic rings. The Morgan fingerprint density at radius 3 is 2.86 bits per heavy atom. The standard InChI is InChI=1S/C15H19N3O2S/c1-3-18-15(2,14(19)20)8-9-21-13-11-6-4-5-7-12(11)16-10-17-13/h4-7,10,18H,3,8-9H2,1-2H3,(H,19,20). The third-order valence-corrected chi connectivity index (χ3v) is 4.39. The molecule has 5 nitrogen and oxygen atoms in total. The molecular weight excluding hydrogens is 286 g/mol. The molecule has 1 aromatic carbocycles. The number of nitrogens with one attached hydrogen (secondary N) is 1. The SMILES string of the molecule is CCNC(C)(CCSc1ncnc2ccccc12)C(=O)O. The smallest absolute Gasteiger partial charge is 0.323 e. The van der Waals surface area contributed by atoms with Gasteiger partial charge in [0.25, 0.3) is 0 Å². The second kappa shape index (κ2) is 6.87. The molecule has 0 spiro atoms. The van der Waals surface area contributed by atoms with Gasteiger partial charge in [-0.25, -0.2) is 9.97 Å². The van der Waals surface area contributed by atoms with Gasteiger partial charge in [0.2, 0.25) is 0 Å². The van der Waals surface area contributed by atoms with Crippen LogP contribution in [0.1, 0.15) is 20.3 Å². The van der Waals surface area contributed by atoms with E-state index in [1.165, 1.54) is 0 Å². The summed E-state index contributed by atoms with van der Waals surface area (Å²) < 4.78 is 0. The summed E-state index contributed by atoms with van der Waals surface area (Å²) in [5, 5.41) is 14.3. The number of nitrogens with zero attached hydrogens (tertiary/aromatic N) is 2. The lowest BCUT2D eigenvalue weighted by Gasteiger charge is -2.25. The molecule has 0 aliphatic carbocycles. The second-order valence-corrected chi connectivity index (χ2v) is 6.05. The molecule has 0 aliphatic heterocycles. The van der Waals surface area contributed by atoms with E-state index < -0.39 is 11.5 Å². The molecule has 0 fully saturated rings. The number of hydrogen-bond donors (Lipinski definition) is 2. The first-order valence-corrected chi connectivity index (χ1v) is 7.86. The number of aliphatic carboxylic acids is 1. The average Bonchev–Trinajstić information content (AvgIpc) is 2.47. The van der Waals surface area contributed by atoms with Gasteiger partial charge in [-0.1, -0.05) is 25.1 Å². The van der Waals surface area contributed by atoms with Gasteiger partial charge in [-0.15, -0.1) is 11.8 Å². The lowest BCUT2D eigenvalue weighted by Crippen LogP contribution is -2.49. The Bertz CT molecular complexity index is 630. The van der Waals surface area contributed by atoms with Crippen LogP contribution in [0, 0.1) is 0 Å². The molecule has 1 atom stereocenters. The van der Waals surface area contributed by atoms with E-state index in [0.717, 1.165) is 15.9 Å². The molecule has 0 bridgehead atoms. The summed E-state index contributed by atoms with van der Waals surface area (Å²) in [4.78, 5) is 19.9. The van der Waals surface area contributed by atoms with Gasteiger partial charge in [0.15, 0.2) is 0 Å². The molecule has 0 aliphatic rings. The molecule has 2 N–H and O–H groups in total. The van der Waals surface area contributed by atoms with Crippen LogP contribution in [0.5, 0.6) is 0 Å². The number of rotatable bonds is 7. The van der Waals surface area contributed by atoms with Gasteiger partial charge in [0, 0.05) is 11.1 Å². The first kappa shape index (κ1) is 15.7. The van der Waals surface area contributed by atoms with E-state index in [2.05, 4.69) is 15.3 Å². The van der Waals surface area contributed by atoms with Crippen LogP contribution in [-0.4, -0.2) is 38.9 Å². The van der Waals surface area contributed by atoms with Crippen molar-refractivity contribution < 1.29 is 9.90 Å². The summed E-state index contributed by atoms with van der Waals surface area (Å²) in [6.45, 7) is 4.26. The molecule has 1 unspecified atom stereocenters. The fraction of sp³-hybridized carbons (Fsp3) is 0.400. The van der Waals surface area contributed by atoms with E-state index in [1.807, 2.05) is 31.2 Å². The second-order valence-electron chi connectivity index (χ2n) is 4.96. The highest BCUT2D eigenvalue weighted by atomic mass is 32.2. The van der Waals surface area contributed by atoms with E-state index in [0.29, 0.717) is 18.7 Å². The van der Waals surface area contributed by atoms with Crippen LogP contribution in [0.2, 0.25) is 0 Å². The van der Waals surface area contributed by atoms with Crippen LogP contribution in [0.4, 0.5) is 0 Å². The molecule has 112 valence electrons. The van der Waals surface area contributed by atoms with Gasteiger partial charge >= 0.3 is 5.97 Å². The van der Waals surface area contributed by atoms with Crippen LogP contribution in [-0.2, 0) is 4.79 Å². The summed E-state index contributed by atoms with van der Waals surface area (Å²) in [5.41, 5.74) is 0.00703. The van der Waals surface area contributed by atoms with Crippen LogP contribution in [0.25, 0.3) is 10.9 Å². The number of aromatic nitrogens is 2. The van der Waals surface area contributed by atoms with Gasteiger partial charge in [-0.2, -0.15) is 0 Å². The molecule has 0 amide bonds. The van der Waals surface area contributed by atoms with Crippen molar-refractivity contribution in [2.45, 2.75) is 30.8 Å². The van der Waals surface area contributed by atoms with E-state index in [-0.39, 0.29) is 0 Å². The molecule has 1 aromatic heterocycles. The number of carboxylic acid groups (broad SMARTS) is 1. The first-order chi connectivity index (χ1) is 10.1. The number of thioether (sulfide) groups is 1. The number of likely N-dealkylation sites (N-methyl/N-ethyl adjacent to an activating group) is 1. The van der Waals surface area contributed by atoms with Crippen molar-refractivity contribution in [2.75, 3.05) is 12.3 Å². The van der Waals surface area contributed by atoms with Gasteiger partial charge in [0.05, 0.1) is 5.52 Å². The van der Waals surface area contributed by atoms with Crippen LogP contribution in [0.3, 0.4) is 0 Å². The minimum atomic E-state index is -0.898. The average molecular weight is 305 g/mol. The molecule has 6 heteroatoms. The van der Waals surface area contributed by atoms with Gasteiger partial charge in [0.1, 0.15) is 16.9 Å². The zero-order valence-electron chi connectivity index (χ0n) is 12.2. The first-order valence-electron chi connectivity index (χ1n) is 6.88. The molecule has 0 radical (unpaired) electrons. The van der Waals surface area contributed by atoms with Crippen LogP contribution < -0.4 is 5.32 Å². The predicted octanol–water partition coefficient (Wildman–Crippen LogP) is 2.56. The Balaban J connectivity index is 2.07. The number of para-hydroxylation sites is 1. The number of carboxylic acids is 1. The maximum absolute atomic E-state index is 11.4. The molecule has 2 rings (SSSR count). The predicted molar refractivity (Wildman–Crippen MR) is 84.6 cm³/mol. The van der Waals surface area contributed by atoms with Crippen molar-refractivity contribution in [2.24, 2.45) is 0 Å². The monoisotopic (exact) mass is 305 g/mol. The molecule has 21 heavy (non-hydrogen) atoms. The van der Waals surface area contributed by atoms with Crippen molar-refractivity contribution >= 4 is 28.6 Å². The summed E-state index contributed by atoms with van der Waals surface area (Å²) in [6, 6.07) is 7.83. The maximum Gasteiger partial charge on any atom is 0.323 e. The fourth-order valence-corrected chi connectivity index (χ4v) is 3.26. The van der Waals surface area contributed by atoms with Gasteiger partial charge in [-0.3, -0.25) is 4.79 Å². The quantitative estimate of drug-likeness (QED) is 0.605. The Kier molecular flexibility index (Phi) is 5.14. The zero-order valence-corrected chi connectivity index (χ0v) is 13.0. The Morgan fingerprint density at radius 2 is 2.14 bits per heavy atom. The largest absolute Gasteiger partial charge is 0.480 e. The summed E-state index contributed by atoms with van der Waals surface area (Å²) in [6.07, 6.45) is 2.07. The molecular formula is C15H19N3O2S. The highest BCUT2D eigenvalue weighted by Gasteiger charge is 2.31. The Hall–Kier alpha value is -1.66. The van der Waals surface area contributed by atoms with Crippen LogP contribution >= 0.6 is 11.8 Å². The topological polar surface area (TPSA) is 75.1 Å². The van der Waals surface area contributed by atoms with Gasteiger partial charge < -0.3 is 10.4 Å². The minimum Gasteiger partial charge on any atom is -0.480 e. The number of hydrogen-bond acceptors (Lipinski definition) is 5.